The van der Waals surface area contributed by atoms with Crippen molar-refractivity contribution in [3.63, 3.8) is 0 Å². The van der Waals surface area contributed by atoms with Gasteiger partial charge in [-0.25, -0.2) is 4.39 Å². The Morgan fingerprint density at radius 1 is 0.966 bits per heavy atom. The number of carbonyl (C=O) groups excluding carboxylic acids is 2. The van der Waals surface area contributed by atoms with Crippen LogP contribution < -0.4 is 0 Å². The number of aromatic nitrogens is 1. The number of rotatable bonds is 4. The SMILES string of the molecule is O=C1C(=O)N(Cc2ccccn2)C(c2ccc(F)cc2)/C1=C(\O)c1ccccc1. The highest BCUT2D eigenvalue weighted by Crippen LogP contribution is 2.40. The number of aliphatic hydroxyl groups is 1. The maximum absolute atomic E-state index is 13.5. The number of aliphatic hydroxyl groups excluding tert-OH is 1. The molecule has 5 nitrogen and oxygen atoms in total. The van der Waals surface area contributed by atoms with Gasteiger partial charge in [0.1, 0.15) is 11.6 Å². The maximum atomic E-state index is 13.5. The van der Waals surface area contributed by atoms with Gasteiger partial charge in [0, 0.05) is 11.8 Å². The lowest BCUT2D eigenvalue weighted by molar-refractivity contribution is -0.140. The summed E-state index contributed by atoms with van der Waals surface area (Å²) in [6.45, 7) is 0.0824. The fraction of sp³-hybridized carbons (Fsp3) is 0.0870. The van der Waals surface area contributed by atoms with Gasteiger partial charge >= 0.3 is 0 Å². The molecule has 1 amide bonds. The summed E-state index contributed by atoms with van der Waals surface area (Å²) in [6.07, 6.45) is 1.60. The molecule has 0 spiro atoms. The standard InChI is InChI=1S/C23H17FN2O3/c24-17-11-9-15(10-12-17)20-19(21(27)16-6-2-1-3-7-16)22(28)23(29)26(20)14-18-8-4-5-13-25-18/h1-13,20,27H,14H2/b21-19+. The molecule has 6 heteroatoms. The van der Waals surface area contributed by atoms with E-state index in [0.717, 1.165) is 0 Å². The van der Waals surface area contributed by atoms with E-state index in [9.17, 15) is 19.1 Å². The van der Waals surface area contributed by atoms with Crippen molar-refractivity contribution in [1.29, 1.82) is 0 Å². The second-order valence-electron chi connectivity index (χ2n) is 6.67. The first kappa shape index (κ1) is 18.6. The van der Waals surface area contributed by atoms with Gasteiger partial charge in [0.25, 0.3) is 11.7 Å². The number of benzene rings is 2. The Balaban J connectivity index is 1.86. The molecule has 1 fully saturated rings. The quantitative estimate of drug-likeness (QED) is 0.419. The third-order valence-corrected chi connectivity index (χ3v) is 4.83. The smallest absolute Gasteiger partial charge is 0.296 e. The first-order valence-corrected chi connectivity index (χ1v) is 9.05. The normalized spacial score (nSPS) is 18.2. The molecule has 1 aromatic heterocycles. The van der Waals surface area contributed by atoms with E-state index in [1.807, 2.05) is 0 Å². The summed E-state index contributed by atoms with van der Waals surface area (Å²) in [5.74, 6) is -2.21. The van der Waals surface area contributed by atoms with Crippen LogP contribution in [0.15, 0.2) is 84.6 Å². The molecule has 144 valence electrons. The zero-order valence-corrected chi connectivity index (χ0v) is 15.3. The average Bonchev–Trinajstić information content (AvgIpc) is 3.00. The number of likely N-dealkylation sites (tertiary alicyclic amines) is 1. The molecule has 2 heterocycles. The number of hydrogen-bond acceptors (Lipinski definition) is 4. The number of Topliss-reactive ketones (excluding diaryl/α,β-unsaturated/α-hetero) is 1. The van der Waals surface area contributed by atoms with Gasteiger partial charge in [0.2, 0.25) is 0 Å². The molecule has 0 aliphatic carbocycles. The first-order chi connectivity index (χ1) is 14.1. The average molecular weight is 388 g/mol. The van der Waals surface area contributed by atoms with Crippen LogP contribution in [0.2, 0.25) is 0 Å². The van der Waals surface area contributed by atoms with Crippen molar-refractivity contribution in [2.75, 3.05) is 0 Å². The summed E-state index contributed by atoms with van der Waals surface area (Å²) >= 11 is 0. The molecule has 0 bridgehead atoms. The largest absolute Gasteiger partial charge is 0.507 e. The third-order valence-electron chi connectivity index (χ3n) is 4.83. The van der Waals surface area contributed by atoms with Crippen LogP contribution in [0.5, 0.6) is 0 Å². The fourth-order valence-electron chi connectivity index (χ4n) is 3.45. The van der Waals surface area contributed by atoms with Crippen LogP contribution in [-0.2, 0) is 16.1 Å². The van der Waals surface area contributed by atoms with Crippen LogP contribution in [0.3, 0.4) is 0 Å². The Labute approximate surface area is 166 Å². The second-order valence-corrected chi connectivity index (χ2v) is 6.67. The minimum Gasteiger partial charge on any atom is -0.507 e. The van der Waals surface area contributed by atoms with Gasteiger partial charge in [0.15, 0.2) is 0 Å². The van der Waals surface area contributed by atoms with Crippen molar-refractivity contribution < 1.29 is 19.1 Å². The van der Waals surface area contributed by atoms with Crippen molar-refractivity contribution in [3.05, 3.63) is 107 Å². The molecule has 2 aromatic carbocycles. The summed E-state index contributed by atoms with van der Waals surface area (Å²) in [6, 6.07) is 18.5. The van der Waals surface area contributed by atoms with Crippen molar-refractivity contribution in [3.8, 4) is 0 Å². The number of ketones is 1. The lowest BCUT2D eigenvalue weighted by Gasteiger charge is -2.25. The van der Waals surface area contributed by atoms with Gasteiger partial charge in [-0.1, -0.05) is 48.5 Å². The molecule has 29 heavy (non-hydrogen) atoms. The molecule has 1 unspecified atom stereocenters. The van der Waals surface area contributed by atoms with E-state index >= 15 is 0 Å². The lowest BCUT2D eigenvalue weighted by Crippen LogP contribution is -2.29. The molecule has 3 aromatic rings. The van der Waals surface area contributed by atoms with Crippen molar-refractivity contribution in [1.82, 2.24) is 9.88 Å². The zero-order valence-electron chi connectivity index (χ0n) is 15.3. The molecule has 4 rings (SSSR count). The minimum absolute atomic E-state index is 0.0243. The maximum Gasteiger partial charge on any atom is 0.296 e. The molecular weight excluding hydrogens is 371 g/mol. The van der Waals surface area contributed by atoms with Crippen LogP contribution in [0, 0.1) is 5.82 Å². The van der Waals surface area contributed by atoms with Crippen LogP contribution >= 0.6 is 0 Å². The number of halogens is 1. The monoisotopic (exact) mass is 388 g/mol. The van der Waals surface area contributed by atoms with E-state index in [2.05, 4.69) is 4.98 Å². The summed E-state index contributed by atoms with van der Waals surface area (Å²) in [5, 5.41) is 10.9. The molecular formula is C23H17FN2O3. The van der Waals surface area contributed by atoms with E-state index in [1.54, 1.807) is 54.7 Å². The zero-order chi connectivity index (χ0) is 20.4. The molecule has 0 saturated carbocycles. The van der Waals surface area contributed by atoms with E-state index in [1.165, 1.54) is 29.2 Å². The Bertz CT molecular complexity index is 1080. The van der Waals surface area contributed by atoms with Gasteiger partial charge in [0.05, 0.1) is 23.9 Å². The van der Waals surface area contributed by atoms with E-state index < -0.39 is 23.5 Å². The summed E-state index contributed by atoms with van der Waals surface area (Å²) in [5.41, 5.74) is 1.53. The molecule has 0 radical (unpaired) electrons. The van der Waals surface area contributed by atoms with Gasteiger partial charge < -0.3 is 10.0 Å². The predicted molar refractivity (Wildman–Crippen MR) is 105 cm³/mol. The topological polar surface area (TPSA) is 70.5 Å². The van der Waals surface area contributed by atoms with Gasteiger partial charge in [-0.2, -0.15) is 0 Å². The molecule has 1 aliphatic rings. The van der Waals surface area contributed by atoms with Crippen LogP contribution in [0.1, 0.15) is 22.9 Å². The molecule has 1 saturated heterocycles. The fourth-order valence-corrected chi connectivity index (χ4v) is 3.45. The highest BCUT2D eigenvalue weighted by atomic mass is 19.1. The van der Waals surface area contributed by atoms with Gasteiger partial charge in [-0.05, 0) is 29.8 Å². The second kappa shape index (κ2) is 7.67. The molecule has 1 atom stereocenters. The number of pyridine rings is 1. The Morgan fingerprint density at radius 3 is 2.31 bits per heavy atom. The van der Waals surface area contributed by atoms with E-state index in [-0.39, 0.29) is 17.9 Å². The molecule has 1 N–H and O–H groups in total. The Hall–Kier alpha value is -3.80. The van der Waals surface area contributed by atoms with Crippen molar-refractivity contribution >= 4 is 17.4 Å². The van der Waals surface area contributed by atoms with E-state index in [4.69, 9.17) is 0 Å². The number of nitrogens with zero attached hydrogens (tertiary/aromatic N) is 2. The third kappa shape index (κ3) is 3.52. The van der Waals surface area contributed by atoms with Crippen LogP contribution in [-0.4, -0.2) is 26.7 Å². The summed E-state index contributed by atoms with van der Waals surface area (Å²) < 4.78 is 13.5. The summed E-state index contributed by atoms with van der Waals surface area (Å²) in [4.78, 5) is 31.3. The lowest BCUT2D eigenvalue weighted by atomic mass is 9.95. The highest BCUT2D eigenvalue weighted by molar-refractivity contribution is 6.46. The summed E-state index contributed by atoms with van der Waals surface area (Å²) in [7, 11) is 0. The van der Waals surface area contributed by atoms with Crippen molar-refractivity contribution in [2.24, 2.45) is 0 Å². The minimum atomic E-state index is -0.849. The number of hydrogen-bond donors (Lipinski definition) is 1. The predicted octanol–water partition coefficient (Wildman–Crippen LogP) is 3.84. The van der Waals surface area contributed by atoms with Crippen molar-refractivity contribution in [2.45, 2.75) is 12.6 Å². The number of carbonyl (C=O) groups is 2. The first-order valence-electron chi connectivity index (χ1n) is 9.05. The molecule has 1 aliphatic heterocycles. The van der Waals surface area contributed by atoms with Crippen LogP contribution in [0.25, 0.3) is 5.76 Å². The Kier molecular flexibility index (Phi) is 4.91. The van der Waals surface area contributed by atoms with Gasteiger partial charge in [-0.15, -0.1) is 0 Å². The highest BCUT2D eigenvalue weighted by Gasteiger charge is 2.46. The van der Waals surface area contributed by atoms with Crippen LogP contribution in [0.4, 0.5) is 4.39 Å². The van der Waals surface area contributed by atoms with E-state index in [0.29, 0.717) is 16.8 Å². The number of amides is 1. The van der Waals surface area contributed by atoms with Gasteiger partial charge in [-0.3, -0.25) is 14.6 Å². The Morgan fingerprint density at radius 2 is 1.66 bits per heavy atom.